The van der Waals surface area contributed by atoms with Crippen molar-refractivity contribution in [1.29, 1.82) is 0 Å². The summed E-state index contributed by atoms with van der Waals surface area (Å²) in [7, 11) is 0. The van der Waals surface area contributed by atoms with Gasteiger partial charge < -0.3 is 0 Å². The zero-order chi connectivity index (χ0) is 12.4. The van der Waals surface area contributed by atoms with Crippen molar-refractivity contribution in [3.63, 3.8) is 0 Å². The van der Waals surface area contributed by atoms with Crippen molar-refractivity contribution in [3.8, 4) is 0 Å². The van der Waals surface area contributed by atoms with Crippen LogP contribution >= 0.6 is 0 Å². The van der Waals surface area contributed by atoms with E-state index in [0.717, 1.165) is 0 Å². The van der Waals surface area contributed by atoms with Crippen molar-refractivity contribution in [2.24, 2.45) is 0 Å². The third-order valence-electron chi connectivity index (χ3n) is 4.13. The van der Waals surface area contributed by atoms with Crippen molar-refractivity contribution >= 4 is 16.2 Å². The molecule has 0 spiro atoms. The molecule has 0 N–H and O–H groups in total. The summed E-state index contributed by atoms with van der Waals surface area (Å²) in [6, 6.07) is 0. The molecular formula is C14H30GaN. The van der Waals surface area contributed by atoms with Crippen LogP contribution in [0.25, 0.3) is 0 Å². The van der Waals surface area contributed by atoms with Gasteiger partial charge in [0.1, 0.15) is 0 Å². The summed E-state index contributed by atoms with van der Waals surface area (Å²) >= 11 is -0.994. The Kier molecular flexibility index (Phi) is 5.03. The quantitative estimate of drug-likeness (QED) is 0.602. The van der Waals surface area contributed by atoms with Gasteiger partial charge in [-0.3, -0.25) is 0 Å². The molecule has 1 heterocycles. The SMILES string of the molecule is CC(C)(C)N1CC[CH2][Ga]([C](C)(C)C)[CH2]CC1. The molecular weight excluding hydrogens is 252 g/mol. The molecule has 0 amide bonds. The van der Waals surface area contributed by atoms with Crippen LogP contribution in [0.15, 0.2) is 0 Å². The monoisotopic (exact) mass is 281 g/mol. The molecule has 94 valence electrons. The van der Waals surface area contributed by atoms with Crippen LogP contribution in [0.1, 0.15) is 54.4 Å². The van der Waals surface area contributed by atoms with Crippen molar-refractivity contribution in [2.45, 2.75) is 73.8 Å². The van der Waals surface area contributed by atoms with Crippen LogP contribution in [0.4, 0.5) is 0 Å². The third-order valence-corrected chi connectivity index (χ3v) is 13.9. The molecule has 0 bridgehead atoms. The van der Waals surface area contributed by atoms with E-state index in [2.05, 4.69) is 46.4 Å². The van der Waals surface area contributed by atoms with Gasteiger partial charge in [-0.1, -0.05) is 0 Å². The minimum absolute atomic E-state index is 0.377. The molecule has 0 aromatic heterocycles. The standard InChI is InChI=1S/C10H21N.C4H9.Ga/c1-6-8-11(9-7-2)10(3,4)5;1-4(2)3;/h1-2,6-9H2,3-5H3;1-3H3;. The average molecular weight is 282 g/mol. The fourth-order valence-corrected chi connectivity index (χ4v) is 9.92. The summed E-state index contributed by atoms with van der Waals surface area (Å²) in [5, 5.41) is 0. The minimum atomic E-state index is -0.994. The van der Waals surface area contributed by atoms with Crippen LogP contribution in [-0.2, 0) is 0 Å². The Morgan fingerprint density at radius 2 is 1.25 bits per heavy atom. The number of nitrogens with zero attached hydrogens (tertiary/aromatic N) is 1. The van der Waals surface area contributed by atoms with Crippen molar-refractivity contribution in [1.82, 2.24) is 4.90 Å². The van der Waals surface area contributed by atoms with Gasteiger partial charge in [0.05, 0.1) is 0 Å². The molecule has 0 aromatic rings. The Bertz CT molecular complexity index is 180. The molecule has 0 aliphatic carbocycles. The van der Waals surface area contributed by atoms with E-state index in [0.29, 0.717) is 9.51 Å². The molecule has 0 radical (unpaired) electrons. The number of rotatable bonds is 0. The molecule has 1 rings (SSSR count). The van der Waals surface area contributed by atoms with Gasteiger partial charge in [0, 0.05) is 0 Å². The Hall–Kier alpha value is 0.596. The van der Waals surface area contributed by atoms with Gasteiger partial charge in [-0.05, 0) is 0 Å². The van der Waals surface area contributed by atoms with E-state index in [9.17, 15) is 0 Å². The summed E-state index contributed by atoms with van der Waals surface area (Å²) in [5.41, 5.74) is 0.377. The van der Waals surface area contributed by atoms with E-state index in [1.165, 1.54) is 25.9 Å². The first-order chi connectivity index (χ1) is 7.21. The molecule has 2 heteroatoms. The summed E-state index contributed by atoms with van der Waals surface area (Å²) in [5.74, 6) is 0. The first-order valence-corrected chi connectivity index (χ1v) is 11.6. The second kappa shape index (κ2) is 5.49. The Morgan fingerprint density at radius 1 is 0.812 bits per heavy atom. The second-order valence-electron chi connectivity index (χ2n) is 7.51. The summed E-state index contributed by atoms with van der Waals surface area (Å²) in [6.45, 7) is 17.2. The van der Waals surface area contributed by atoms with Gasteiger partial charge in [-0.15, -0.1) is 0 Å². The van der Waals surface area contributed by atoms with Gasteiger partial charge in [0.15, 0.2) is 0 Å². The van der Waals surface area contributed by atoms with Crippen LogP contribution in [0.3, 0.4) is 0 Å². The fourth-order valence-electron chi connectivity index (χ4n) is 2.85. The average Bonchev–Trinajstić information content (AvgIpc) is 1.96. The normalized spacial score (nSPS) is 21.8. The maximum atomic E-state index is 2.69. The van der Waals surface area contributed by atoms with Gasteiger partial charge in [-0.25, -0.2) is 0 Å². The van der Waals surface area contributed by atoms with Crippen LogP contribution in [0, 0.1) is 0 Å². The topological polar surface area (TPSA) is 3.24 Å². The maximum absolute atomic E-state index is 2.69. The molecule has 1 nitrogen and oxygen atoms in total. The number of hydrogen-bond donors (Lipinski definition) is 0. The Morgan fingerprint density at radius 3 is 1.56 bits per heavy atom. The zero-order valence-corrected chi connectivity index (χ0v) is 14.7. The Labute approximate surface area is 108 Å². The Balaban J connectivity index is 2.50. The van der Waals surface area contributed by atoms with E-state index >= 15 is 0 Å². The van der Waals surface area contributed by atoms with E-state index in [4.69, 9.17) is 0 Å². The third kappa shape index (κ3) is 4.46. The number of hydrogen-bond acceptors (Lipinski definition) is 1. The molecule has 16 heavy (non-hydrogen) atoms. The van der Waals surface area contributed by atoms with Crippen LogP contribution in [0.2, 0.25) is 13.9 Å². The molecule has 1 aliphatic rings. The first kappa shape index (κ1) is 14.7. The van der Waals surface area contributed by atoms with E-state index in [1.807, 2.05) is 0 Å². The van der Waals surface area contributed by atoms with Gasteiger partial charge in [0.25, 0.3) is 0 Å². The molecule has 0 unspecified atom stereocenters. The molecule has 1 saturated heterocycles. The molecule has 0 aromatic carbocycles. The fraction of sp³-hybridized carbons (Fsp3) is 1.00. The molecule has 1 fully saturated rings. The predicted octanol–water partition coefficient (Wildman–Crippen LogP) is 4.18. The second-order valence-corrected chi connectivity index (χ2v) is 16.5. The predicted molar refractivity (Wildman–Crippen MR) is 75.6 cm³/mol. The van der Waals surface area contributed by atoms with Gasteiger partial charge >= 0.3 is 108 Å². The molecule has 0 saturated carbocycles. The van der Waals surface area contributed by atoms with Crippen LogP contribution in [-0.4, -0.2) is 39.7 Å². The van der Waals surface area contributed by atoms with E-state index in [1.54, 1.807) is 9.95 Å². The van der Waals surface area contributed by atoms with Crippen molar-refractivity contribution in [3.05, 3.63) is 0 Å². The van der Waals surface area contributed by atoms with Crippen LogP contribution < -0.4 is 0 Å². The molecule has 1 aliphatic heterocycles. The summed E-state index contributed by atoms with van der Waals surface area (Å²) in [6.07, 6.45) is 2.92. The van der Waals surface area contributed by atoms with E-state index < -0.39 is 16.2 Å². The van der Waals surface area contributed by atoms with Crippen LogP contribution in [0.5, 0.6) is 0 Å². The first-order valence-electron chi connectivity index (χ1n) is 6.96. The van der Waals surface area contributed by atoms with Gasteiger partial charge in [0.2, 0.25) is 0 Å². The van der Waals surface area contributed by atoms with Gasteiger partial charge in [-0.2, -0.15) is 0 Å². The van der Waals surface area contributed by atoms with Crippen molar-refractivity contribution < 1.29 is 0 Å². The summed E-state index contributed by atoms with van der Waals surface area (Å²) < 4.78 is 0.691. The van der Waals surface area contributed by atoms with E-state index in [-0.39, 0.29) is 0 Å². The zero-order valence-electron chi connectivity index (χ0n) is 12.3. The summed E-state index contributed by atoms with van der Waals surface area (Å²) in [4.78, 5) is 5.89. The molecule has 0 atom stereocenters. The van der Waals surface area contributed by atoms with Crippen molar-refractivity contribution in [2.75, 3.05) is 13.1 Å².